The highest BCUT2D eigenvalue weighted by Gasteiger charge is 2.40. The van der Waals surface area contributed by atoms with E-state index < -0.39 is 0 Å². The van der Waals surface area contributed by atoms with E-state index in [0.717, 1.165) is 49.0 Å². The number of amides is 2. The molecule has 0 radical (unpaired) electrons. The predicted octanol–water partition coefficient (Wildman–Crippen LogP) is 6.76. The lowest BCUT2D eigenvalue weighted by molar-refractivity contribution is -0.123. The molecule has 1 aliphatic rings. The maximum atomic E-state index is 13.8. The number of para-hydroxylation sites is 2. The van der Waals surface area contributed by atoms with Crippen LogP contribution in [0.1, 0.15) is 78.3 Å². The van der Waals surface area contributed by atoms with Crippen molar-refractivity contribution in [2.45, 2.75) is 78.8 Å². The summed E-state index contributed by atoms with van der Waals surface area (Å²) >= 11 is 0. The fraction of sp³-hybridized carbons (Fsp3) is 0.500. The van der Waals surface area contributed by atoms with Crippen molar-refractivity contribution in [3.05, 3.63) is 60.2 Å². The van der Waals surface area contributed by atoms with Gasteiger partial charge in [0.2, 0.25) is 11.8 Å². The molecule has 2 amide bonds. The minimum absolute atomic E-state index is 0.0121. The van der Waals surface area contributed by atoms with Crippen molar-refractivity contribution in [3.63, 3.8) is 0 Å². The van der Waals surface area contributed by atoms with Gasteiger partial charge in [-0.15, -0.1) is 0 Å². The molecule has 0 unspecified atom stereocenters. The fourth-order valence-electron chi connectivity index (χ4n) is 5.08. The summed E-state index contributed by atoms with van der Waals surface area (Å²) < 4.78 is 0. The highest BCUT2D eigenvalue weighted by atomic mass is 16.2. The number of carbonyl (C=O) groups excluding carboxylic acids is 2. The topological polar surface area (TPSA) is 40.6 Å². The molecule has 2 aromatic rings. The molecular weight excluding hydrogens is 396 g/mol. The van der Waals surface area contributed by atoms with Gasteiger partial charge in [0.25, 0.3) is 0 Å². The molecule has 0 fully saturated rings. The van der Waals surface area contributed by atoms with Crippen molar-refractivity contribution in [2.75, 3.05) is 9.80 Å². The zero-order chi connectivity index (χ0) is 23.3. The second-order valence-corrected chi connectivity index (χ2v) is 8.94. The van der Waals surface area contributed by atoms with Crippen molar-refractivity contribution >= 4 is 23.2 Å². The van der Waals surface area contributed by atoms with Crippen LogP contribution in [0, 0.1) is 11.8 Å². The molecule has 1 aliphatic heterocycles. The number of fused-ring (bicyclic) bond motifs is 1. The van der Waals surface area contributed by atoms with E-state index in [1.807, 2.05) is 58.3 Å². The molecule has 2 aromatic carbocycles. The summed E-state index contributed by atoms with van der Waals surface area (Å²) in [5.41, 5.74) is 2.94. The zero-order valence-electron chi connectivity index (χ0n) is 20.3. The van der Waals surface area contributed by atoms with Crippen molar-refractivity contribution < 1.29 is 9.59 Å². The zero-order valence-corrected chi connectivity index (χ0v) is 20.3. The summed E-state index contributed by atoms with van der Waals surface area (Å²) in [6, 6.07) is 18.1. The van der Waals surface area contributed by atoms with Crippen LogP contribution in [0.4, 0.5) is 11.4 Å². The molecule has 0 saturated carbocycles. The molecule has 172 valence electrons. The molecule has 1 heterocycles. The normalized spacial score (nSPS) is 18.0. The highest BCUT2D eigenvalue weighted by Crippen LogP contribution is 2.43. The van der Waals surface area contributed by atoms with Gasteiger partial charge in [-0.05, 0) is 62.8 Å². The second-order valence-electron chi connectivity index (χ2n) is 8.94. The summed E-state index contributed by atoms with van der Waals surface area (Å²) in [6.45, 7) is 10.5. The van der Waals surface area contributed by atoms with Gasteiger partial charge in [0, 0.05) is 29.3 Å². The van der Waals surface area contributed by atoms with Crippen LogP contribution >= 0.6 is 0 Å². The first-order chi connectivity index (χ1) is 15.5. The number of carbonyl (C=O) groups is 2. The van der Waals surface area contributed by atoms with Gasteiger partial charge in [0.1, 0.15) is 0 Å². The van der Waals surface area contributed by atoms with E-state index in [1.54, 1.807) is 0 Å². The van der Waals surface area contributed by atoms with Crippen LogP contribution in [0.15, 0.2) is 54.6 Å². The fourth-order valence-corrected chi connectivity index (χ4v) is 5.08. The van der Waals surface area contributed by atoms with Crippen LogP contribution in [-0.4, -0.2) is 17.9 Å². The number of hydrogen-bond donors (Lipinski definition) is 0. The molecule has 32 heavy (non-hydrogen) atoms. The van der Waals surface area contributed by atoms with Crippen LogP contribution in [0.5, 0.6) is 0 Å². The van der Waals surface area contributed by atoms with E-state index in [9.17, 15) is 9.59 Å². The van der Waals surface area contributed by atoms with Crippen LogP contribution in [-0.2, 0) is 9.59 Å². The standard InChI is InChI=1S/C28H38N2O2/c1-6-21(7-2)27(31)29-20(5)19-26(24-17-13-14-18-25(24)29)30(23-15-11-10-12-16-23)28(32)22(8-3)9-4/h10-18,20-22,26H,6-9,19H2,1-5H3/t20-,26+/m0/s1. The average Bonchev–Trinajstić information content (AvgIpc) is 2.81. The van der Waals surface area contributed by atoms with Gasteiger partial charge in [-0.25, -0.2) is 0 Å². The Morgan fingerprint density at radius 1 is 0.875 bits per heavy atom. The van der Waals surface area contributed by atoms with E-state index in [-0.39, 0.29) is 35.7 Å². The van der Waals surface area contributed by atoms with E-state index in [4.69, 9.17) is 0 Å². The molecule has 0 N–H and O–H groups in total. The van der Waals surface area contributed by atoms with Gasteiger partial charge in [-0.3, -0.25) is 9.59 Å². The molecule has 0 saturated heterocycles. The lowest BCUT2D eigenvalue weighted by Gasteiger charge is -2.45. The Morgan fingerprint density at radius 3 is 2.03 bits per heavy atom. The Labute approximate surface area is 193 Å². The Hall–Kier alpha value is -2.62. The van der Waals surface area contributed by atoms with E-state index >= 15 is 0 Å². The largest absolute Gasteiger partial charge is 0.309 e. The average molecular weight is 435 g/mol. The summed E-state index contributed by atoms with van der Waals surface area (Å²) in [5, 5.41) is 0. The first-order valence-corrected chi connectivity index (χ1v) is 12.3. The van der Waals surface area contributed by atoms with Crippen molar-refractivity contribution in [1.29, 1.82) is 0 Å². The Bertz CT molecular complexity index is 903. The smallest absolute Gasteiger partial charge is 0.230 e. The second kappa shape index (κ2) is 10.8. The van der Waals surface area contributed by atoms with Crippen LogP contribution in [0.3, 0.4) is 0 Å². The summed E-state index contributed by atoms with van der Waals surface area (Å²) in [4.78, 5) is 31.2. The minimum Gasteiger partial charge on any atom is -0.309 e. The molecule has 3 rings (SSSR count). The van der Waals surface area contributed by atoms with E-state index in [1.165, 1.54) is 0 Å². The van der Waals surface area contributed by atoms with Gasteiger partial charge >= 0.3 is 0 Å². The quantitative estimate of drug-likeness (QED) is 0.460. The van der Waals surface area contributed by atoms with E-state index in [2.05, 4.69) is 40.7 Å². The summed E-state index contributed by atoms with van der Waals surface area (Å²) in [6.07, 6.45) is 4.05. The lowest BCUT2D eigenvalue weighted by atomic mass is 9.87. The number of nitrogens with zero attached hydrogens (tertiary/aromatic N) is 2. The predicted molar refractivity (Wildman–Crippen MR) is 133 cm³/mol. The first-order valence-electron chi connectivity index (χ1n) is 12.3. The molecule has 2 atom stereocenters. The monoisotopic (exact) mass is 434 g/mol. The maximum Gasteiger partial charge on any atom is 0.230 e. The summed E-state index contributed by atoms with van der Waals surface area (Å²) in [5.74, 6) is 0.388. The van der Waals surface area contributed by atoms with Crippen LogP contribution < -0.4 is 9.80 Å². The van der Waals surface area contributed by atoms with Crippen molar-refractivity contribution in [3.8, 4) is 0 Å². The Morgan fingerprint density at radius 2 is 1.44 bits per heavy atom. The lowest BCUT2D eigenvalue weighted by Crippen LogP contribution is -2.50. The molecule has 0 bridgehead atoms. The van der Waals surface area contributed by atoms with Crippen molar-refractivity contribution in [2.24, 2.45) is 11.8 Å². The Kier molecular flexibility index (Phi) is 8.11. The summed E-state index contributed by atoms with van der Waals surface area (Å²) in [7, 11) is 0. The molecule has 0 spiro atoms. The van der Waals surface area contributed by atoms with Crippen LogP contribution in [0.25, 0.3) is 0 Å². The van der Waals surface area contributed by atoms with Crippen molar-refractivity contribution in [1.82, 2.24) is 0 Å². The van der Waals surface area contributed by atoms with E-state index in [0.29, 0.717) is 0 Å². The molecule has 4 heteroatoms. The highest BCUT2D eigenvalue weighted by molar-refractivity contribution is 5.99. The third kappa shape index (κ3) is 4.60. The number of benzene rings is 2. The first kappa shape index (κ1) is 24.0. The number of hydrogen-bond acceptors (Lipinski definition) is 2. The van der Waals surface area contributed by atoms with Gasteiger partial charge in [0.15, 0.2) is 0 Å². The van der Waals surface area contributed by atoms with Crippen LogP contribution in [0.2, 0.25) is 0 Å². The molecule has 0 aliphatic carbocycles. The van der Waals surface area contributed by atoms with Gasteiger partial charge in [-0.1, -0.05) is 64.1 Å². The Balaban J connectivity index is 2.11. The van der Waals surface area contributed by atoms with Gasteiger partial charge in [0.05, 0.1) is 6.04 Å². The van der Waals surface area contributed by atoms with Gasteiger partial charge in [-0.2, -0.15) is 0 Å². The van der Waals surface area contributed by atoms with Gasteiger partial charge < -0.3 is 9.80 Å². The third-order valence-electron chi connectivity index (χ3n) is 7.05. The molecule has 0 aromatic heterocycles. The third-order valence-corrected chi connectivity index (χ3v) is 7.05. The molecule has 4 nitrogen and oxygen atoms in total. The number of rotatable bonds is 8. The SMILES string of the molecule is CCC(CC)C(=O)N(c1ccccc1)[C@@H]1C[C@H](C)N(C(=O)C(CC)CC)c2ccccc21. The number of anilines is 2. The minimum atomic E-state index is -0.0950. The molecular formula is C28H38N2O2. The maximum absolute atomic E-state index is 13.8.